The van der Waals surface area contributed by atoms with Gasteiger partial charge in [-0.1, -0.05) is 19.1 Å². The molecule has 29 heavy (non-hydrogen) atoms. The summed E-state index contributed by atoms with van der Waals surface area (Å²) >= 11 is 0. The van der Waals surface area contributed by atoms with E-state index in [1.807, 2.05) is 6.92 Å². The molecular weight excluding hydrogens is 400 g/mol. The zero-order valence-corrected chi connectivity index (χ0v) is 16.9. The highest BCUT2D eigenvalue weighted by Gasteiger charge is 2.33. The summed E-state index contributed by atoms with van der Waals surface area (Å²) in [6.07, 6.45) is 0.808. The third kappa shape index (κ3) is 5.44. The molecule has 2 rings (SSSR count). The zero-order chi connectivity index (χ0) is 21.4. The quantitative estimate of drug-likeness (QED) is 0.328. The predicted molar refractivity (Wildman–Crippen MR) is 106 cm³/mol. The number of sulfonamides is 1. The second-order valence-electron chi connectivity index (χ2n) is 5.88. The van der Waals surface area contributed by atoms with Crippen LogP contribution in [-0.2, 0) is 19.6 Å². The topological polar surface area (TPSA) is 116 Å². The summed E-state index contributed by atoms with van der Waals surface area (Å²) in [6.45, 7) is 3.49. The van der Waals surface area contributed by atoms with Gasteiger partial charge < -0.3 is 9.47 Å². The summed E-state index contributed by atoms with van der Waals surface area (Å²) < 4.78 is 37.6. The van der Waals surface area contributed by atoms with E-state index in [0.717, 1.165) is 22.9 Å². The Bertz CT molecular complexity index is 959. The third-order valence-electron chi connectivity index (χ3n) is 3.81. The van der Waals surface area contributed by atoms with Gasteiger partial charge in [0.25, 0.3) is 15.7 Å². The number of nitro benzene ring substituents is 1. The molecule has 0 spiro atoms. The lowest BCUT2D eigenvalue weighted by Gasteiger charge is -2.23. The van der Waals surface area contributed by atoms with Crippen LogP contribution in [0.4, 0.5) is 11.4 Å². The number of rotatable bonds is 10. The van der Waals surface area contributed by atoms with Crippen molar-refractivity contribution in [3.63, 3.8) is 0 Å². The van der Waals surface area contributed by atoms with E-state index in [4.69, 9.17) is 9.47 Å². The Morgan fingerprint density at radius 1 is 1.10 bits per heavy atom. The summed E-state index contributed by atoms with van der Waals surface area (Å²) in [6, 6.07) is 11.0. The SMILES string of the molecule is CCCOc1ccc(N(CC(=O)OCC)S(=O)(=O)c2ccccc2[N+](=O)[O-])cc1. The number of carbonyl (C=O) groups is 1. The monoisotopic (exact) mass is 422 g/mol. The van der Waals surface area contributed by atoms with E-state index >= 15 is 0 Å². The van der Waals surface area contributed by atoms with Crippen LogP contribution < -0.4 is 9.04 Å². The molecule has 0 fully saturated rings. The molecule has 9 nitrogen and oxygen atoms in total. The molecule has 0 saturated carbocycles. The number of para-hydroxylation sites is 1. The van der Waals surface area contributed by atoms with Gasteiger partial charge in [-0.25, -0.2) is 8.42 Å². The van der Waals surface area contributed by atoms with Crippen molar-refractivity contribution >= 4 is 27.4 Å². The lowest BCUT2D eigenvalue weighted by atomic mass is 10.3. The first kappa shape index (κ1) is 22.2. The van der Waals surface area contributed by atoms with E-state index in [1.165, 1.54) is 24.3 Å². The standard InChI is InChI=1S/C19H22N2O7S/c1-3-13-28-16-11-9-15(10-12-16)20(14-19(22)27-4-2)29(25,26)18-8-6-5-7-17(18)21(23)24/h5-12H,3-4,13-14H2,1-2H3. The number of benzene rings is 2. The maximum atomic E-state index is 13.2. The van der Waals surface area contributed by atoms with Crippen molar-refractivity contribution in [1.29, 1.82) is 0 Å². The zero-order valence-electron chi connectivity index (χ0n) is 16.1. The molecule has 2 aromatic rings. The van der Waals surface area contributed by atoms with Crippen molar-refractivity contribution in [2.45, 2.75) is 25.2 Å². The van der Waals surface area contributed by atoms with Gasteiger partial charge in [0, 0.05) is 6.07 Å². The fourth-order valence-corrected chi connectivity index (χ4v) is 4.08. The number of hydrogen-bond donors (Lipinski definition) is 0. The molecule has 0 unspecified atom stereocenters. The Kier molecular flexibility index (Phi) is 7.54. The molecule has 0 aliphatic heterocycles. The molecule has 0 aliphatic carbocycles. The normalized spacial score (nSPS) is 11.0. The van der Waals surface area contributed by atoms with E-state index in [1.54, 1.807) is 19.1 Å². The number of ether oxygens (including phenoxy) is 2. The molecule has 0 bridgehead atoms. The highest BCUT2D eigenvalue weighted by molar-refractivity contribution is 7.93. The van der Waals surface area contributed by atoms with Crippen LogP contribution in [0.15, 0.2) is 53.4 Å². The van der Waals surface area contributed by atoms with E-state index in [0.29, 0.717) is 12.4 Å². The first-order valence-corrected chi connectivity index (χ1v) is 10.4. The summed E-state index contributed by atoms with van der Waals surface area (Å²) in [5.74, 6) is -0.240. The Morgan fingerprint density at radius 3 is 2.34 bits per heavy atom. The molecule has 0 radical (unpaired) electrons. The highest BCUT2D eigenvalue weighted by atomic mass is 32.2. The molecule has 156 valence electrons. The minimum Gasteiger partial charge on any atom is -0.494 e. The van der Waals surface area contributed by atoms with Crippen LogP contribution in [0.5, 0.6) is 5.75 Å². The number of carbonyl (C=O) groups excluding carboxylic acids is 1. The van der Waals surface area contributed by atoms with Crippen LogP contribution in [0.3, 0.4) is 0 Å². The molecule has 0 amide bonds. The van der Waals surface area contributed by atoms with Crippen molar-refractivity contribution < 1.29 is 27.6 Å². The highest BCUT2D eigenvalue weighted by Crippen LogP contribution is 2.30. The first-order valence-electron chi connectivity index (χ1n) is 8.95. The van der Waals surface area contributed by atoms with E-state index < -0.39 is 38.0 Å². The largest absolute Gasteiger partial charge is 0.494 e. The Morgan fingerprint density at radius 2 is 1.76 bits per heavy atom. The fraction of sp³-hybridized carbons (Fsp3) is 0.316. The minimum absolute atomic E-state index is 0.0714. The van der Waals surface area contributed by atoms with Crippen LogP contribution in [-0.4, -0.2) is 39.1 Å². The van der Waals surface area contributed by atoms with Gasteiger partial charge in [-0.05, 0) is 43.7 Å². The van der Waals surface area contributed by atoms with Crippen LogP contribution in [0.25, 0.3) is 0 Å². The summed E-state index contributed by atoms with van der Waals surface area (Å²) in [5, 5.41) is 11.3. The molecule has 0 heterocycles. The van der Waals surface area contributed by atoms with Gasteiger partial charge in [0.15, 0.2) is 4.90 Å². The summed E-state index contributed by atoms with van der Waals surface area (Å²) in [7, 11) is -4.42. The van der Waals surface area contributed by atoms with Crippen molar-refractivity contribution in [3.8, 4) is 5.75 Å². The van der Waals surface area contributed by atoms with Crippen LogP contribution >= 0.6 is 0 Å². The molecule has 0 N–H and O–H groups in total. The summed E-state index contributed by atoms with van der Waals surface area (Å²) in [5.41, 5.74) is -0.427. The molecule has 10 heteroatoms. The van der Waals surface area contributed by atoms with Crippen molar-refractivity contribution in [3.05, 3.63) is 58.6 Å². The van der Waals surface area contributed by atoms with E-state index in [2.05, 4.69) is 0 Å². The van der Waals surface area contributed by atoms with Crippen LogP contribution in [0.1, 0.15) is 20.3 Å². The van der Waals surface area contributed by atoms with Crippen LogP contribution in [0, 0.1) is 10.1 Å². The van der Waals surface area contributed by atoms with Gasteiger partial charge in [-0.2, -0.15) is 0 Å². The second kappa shape index (κ2) is 9.87. The molecule has 2 aromatic carbocycles. The van der Waals surface area contributed by atoms with Crippen molar-refractivity contribution in [1.82, 2.24) is 0 Å². The Hall–Kier alpha value is -3.14. The number of nitro groups is 1. The second-order valence-corrected chi connectivity index (χ2v) is 7.71. The number of anilines is 1. The van der Waals surface area contributed by atoms with Crippen LogP contribution in [0.2, 0.25) is 0 Å². The van der Waals surface area contributed by atoms with E-state index in [9.17, 15) is 23.3 Å². The van der Waals surface area contributed by atoms with Crippen molar-refractivity contribution in [2.24, 2.45) is 0 Å². The third-order valence-corrected chi connectivity index (χ3v) is 5.63. The average molecular weight is 422 g/mol. The van der Waals surface area contributed by atoms with Gasteiger partial charge in [0.1, 0.15) is 12.3 Å². The molecule has 0 atom stereocenters. The lowest BCUT2D eigenvalue weighted by molar-refractivity contribution is -0.387. The number of nitrogens with zero attached hydrogens (tertiary/aromatic N) is 2. The number of hydrogen-bond acceptors (Lipinski definition) is 7. The Labute approximate surface area is 169 Å². The molecule has 0 aromatic heterocycles. The molecule has 0 saturated heterocycles. The lowest BCUT2D eigenvalue weighted by Crippen LogP contribution is -2.36. The smallest absolute Gasteiger partial charge is 0.326 e. The maximum absolute atomic E-state index is 13.2. The Balaban J connectivity index is 2.50. The summed E-state index contributed by atoms with van der Waals surface area (Å²) in [4.78, 5) is 22.1. The van der Waals surface area contributed by atoms with Crippen molar-refractivity contribution in [2.75, 3.05) is 24.1 Å². The number of esters is 1. The molecular formula is C19H22N2O7S. The van der Waals surface area contributed by atoms with Gasteiger partial charge in [0.2, 0.25) is 0 Å². The fourth-order valence-electron chi connectivity index (χ4n) is 2.51. The maximum Gasteiger partial charge on any atom is 0.326 e. The van der Waals surface area contributed by atoms with E-state index in [-0.39, 0.29) is 12.3 Å². The average Bonchev–Trinajstić information content (AvgIpc) is 2.71. The predicted octanol–water partition coefficient (Wildman–Crippen LogP) is 3.14. The minimum atomic E-state index is -4.42. The van der Waals surface area contributed by atoms with Gasteiger partial charge >= 0.3 is 5.97 Å². The van der Waals surface area contributed by atoms with Gasteiger partial charge in [-0.15, -0.1) is 0 Å². The van der Waals surface area contributed by atoms with Gasteiger partial charge in [-0.3, -0.25) is 19.2 Å². The molecule has 0 aliphatic rings. The van der Waals surface area contributed by atoms with Gasteiger partial charge in [0.05, 0.1) is 23.8 Å². The first-order chi connectivity index (χ1) is 13.8.